The number of ether oxygens (including phenoxy) is 1. The number of hydrogen-bond acceptors (Lipinski definition) is 3. The first-order chi connectivity index (χ1) is 9.97. The molecule has 0 aromatic heterocycles. The highest BCUT2D eigenvalue weighted by Gasteiger charge is 2.37. The number of fused-ring (bicyclic) bond motifs is 1. The molecule has 0 radical (unpaired) electrons. The van der Waals surface area contributed by atoms with Gasteiger partial charge in [0.05, 0.1) is 6.61 Å². The van der Waals surface area contributed by atoms with E-state index in [-0.39, 0.29) is 0 Å². The van der Waals surface area contributed by atoms with Crippen LogP contribution in [0.25, 0.3) is 0 Å². The van der Waals surface area contributed by atoms with Gasteiger partial charge < -0.3 is 10.1 Å². The minimum Gasteiger partial charge on any atom is -0.493 e. The summed E-state index contributed by atoms with van der Waals surface area (Å²) in [5.74, 6) is 1.08. The largest absolute Gasteiger partial charge is 0.493 e. The minimum absolute atomic E-state index is 0.295. The van der Waals surface area contributed by atoms with Crippen LogP contribution in [0, 0.1) is 5.41 Å². The number of benzene rings is 1. The summed E-state index contributed by atoms with van der Waals surface area (Å²) >= 11 is 0. The maximum Gasteiger partial charge on any atom is 0.124 e. The lowest BCUT2D eigenvalue weighted by molar-refractivity contribution is 0.0393. The lowest BCUT2D eigenvalue weighted by Gasteiger charge is -2.48. The van der Waals surface area contributed by atoms with Crippen LogP contribution in [-0.2, 0) is 0 Å². The van der Waals surface area contributed by atoms with Gasteiger partial charge in [0.15, 0.2) is 0 Å². The first-order valence-corrected chi connectivity index (χ1v) is 8.17. The van der Waals surface area contributed by atoms with E-state index in [4.69, 9.17) is 4.74 Å². The fraction of sp³-hybridized carbons (Fsp3) is 0.667. The molecule has 3 nitrogen and oxygen atoms in total. The third-order valence-electron chi connectivity index (χ3n) is 4.99. The summed E-state index contributed by atoms with van der Waals surface area (Å²) in [4.78, 5) is 2.69. The van der Waals surface area contributed by atoms with Crippen LogP contribution in [0.5, 0.6) is 5.75 Å². The Balaban J connectivity index is 1.85. The molecule has 21 heavy (non-hydrogen) atoms. The molecule has 2 aliphatic heterocycles. The Hall–Kier alpha value is -1.06. The highest BCUT2D eigenvalue weighted by atomic mass is 16.5. The van der Waals surface area contributed by atoms with Crippen LogP contribution in [0.3, 0.4) is 0 Å². The Labute approximate surface area is 128 Å². The van der Waals surface area contributed by atoms with Crippen LogP contribution in [-0.4, -0.2) is 36.7 Å². The van der Waals surface area contributed by atoms with Crippen molar-refractivity contribution in [3.05, 3.63) is 29.8 Å². The van der Waals surface area contributed by atoms with Gasteiger partial charge in [-0.25, -0.2) is 0 Å². The predicted molar refractivity (Wildman–Crippen MR) is 86.7 cm³/mol. The van der Waals surface area contributed by atoms with Crippen molar-refractivity contribution in [2.45, 2.75) is 52.2 Å². The van der Waals surface area contributed by atoms with E-state index in [2.05, 4.69) is 62.2 Å². The topological polar surface area (TPSA) is 24.5 Å². The highest BCUT2D eigenvalue weighted by Crippen LogP contribution is 2.38. The molecule has 3 heteroatoms. The van der Waals surface area contributed by atoms with Gasteiger partial charge in [-0.1, -0.05) is 39.0 Å². The highest BCUT2D eigenvalue weighted by molar-refractivity contribution is 5.37. The fourth-order valence-corrected chi connectivity index (χ4v) is 3.57. The normalized spacial score (nSPS) is 30.6. The Morgan fingerprint density at radius 3 is 2.76 bits per heavy atom. The van der Waals surface area contributed by atoms with Crippen molar-refractivity contribution in [2.24, 2.45) is 5.41 Å². The van der Waals surface area contributed by atoms with E-state index >= 15 is 0 Å². The Morgan fingerprint density at radius 2 is 2.00 bits per heavy atom. The molecule has 0 saturated carbocycles. The van der Waals surface area contributed by atoms with Crippen molar-refractivity contribution in [1.82, 2.24) is 10.2 Å². The van der Waals surface area contributed by atoms with Crippen molar-refractivity contribution in [1.29, 1.82) is 0 Å². The van der Waals surface area contributed by atoms with Crippen molar-refractivity contribution in [3.63, 3.8) is 0 Å². The molecule has 3 unspecified atom stereocenters. The zero-order valence-corrected chi connectivity index (χ0v) is 13.7. The van der Waals surface area contributed by atoms with Gasteiger partial charge in [-0.3, -0.25) is 4.90 Å². The SMILES string of the molecule is CC1CNC(C(C)(C)C)CN1C1CCOc2ccccc21. The smallest absolute Gasteiger partial charge is 0.124 e. The summed E-state index contributed by atoms with van der Waals surface area (Å²) in [6.07, 6.45) is 1.10. The molecular weight excluding hydrogens is 260 g/mol. The van der Waals surface area contributed by atoms with Gasteiger partial charge in [0.1, 0.15) is 5.75 Å². The Kier molecular flexibility index (Phi) is 3.98. The average molecular weight is 288 g/mol. The van der Waals surface area contributed by atoms with Gasteiger partial charge in [0.2, 0.25) is 0 Å². The van der Waals surface area contributed by atoms with E-state index in [0.717, 1.165) is 31.9 Å². The van der Waals surface area contributed by atoms with Gasteiger partial charge in [-0.2, -0.15) is 0 Å². The van der Waals surface area contributed by atoms with Crippen molar-refractivity contribution in [2.75, 3.05) is 19.7 Å². The zero-order chi connectivity index (χ0) is 15.0. The summed E-state index contributed by atoms with van der Waals surface area (Å²) in [7, 11) is 0. The third-order valence-corrected chi connectivity index (χ3v) is 4.99. The van der Waals surface area contributed by atoms with Crippen LogP contribution in [0.2, 0.25) is 0 Å². The second-order valence-corrected chi connectivity index (χ2v) is 7.56. The molecule has 2 heterocycles. The minimum atomic E-state index is 0.295. The standard InChI is InChI=1S/C18H28N2O/c1-13-11-19-17(18(2,3)4)12-20(13)15-9-10-21-16-8-6-5-7-14(15)16/h5-8,13,15,17,19H,9-12H2,1-4H3. The Morgan fingerprint density at radius 1 is 1.24 bits per heavy atom. The number of para-hydroxylation sites is 1. The quantitative estimate of drug-likeness (QED) is 0.859. The van der Waals surface area contributed by atoms with E-state index < -0.39 is 0 Å². The number of nitrogens with zero attached hydrogens (tertiary/aromatic N) is 1. The number of rotatable bonds is 1. The van der Waals surface area contributed by atoms with Gasteiger partial charge in [0.25, 0.3) is 0 Å². The van der Waals surface area contributed by atoms with E-state index in [1.54, 1.807) is 0 Å². The number of nitrogens with one attached hydrogen (secondary N) is 1. The van der Waals surface area contributed by atoms with E-state index in [9.17, 15) is 0 Å². The molecule has 1 saturated heterocycles. The van der Waals surface area contributed by atoms with Crippen LogP contribution in [0.15, 0.2) is 24.3 Å². The van der Waals surface area contributed by atoms with Crippen molar-refractivity contribution in [3.8, 4) is 5.75 Å². The molecule has 0 spiro atoms. The number of piperazine rings is 1. The molecule has 0 amide bonds. The summed E-state index contributed by atoms with van der Waals surface area (Å²) < 4.78 is 5.83. The van der Waals surface area contributed by atoms with Crippen molar-refractivity contribution < 1.29 is 4.74 Å². The van der Waals surface area contributed by atoms with E-state index in [0.29, 0.717) is 23.5 Å². The lowest BCUT2D eigenvalue weighted by Crippen LogP contribution is -2.60. The molecule has 1 N–H and O–H groups in total. The molecule has 1 fully saturated rings. The third kappa shape index (κ3) is 2.95. The molecule has 0 bridgehead atoms. The molecule has 1 aromatic rings. The van der Waals surface area contributed by atoms with Gasteiger partial charge in [-0.15, -0.1) is 0 Å². The summed E-state index contributed by atoms with van der Waals surface area (Å²) in [6.45, 7) is 12.3. The van der Waals surface area contributed by atoms with Crippen LogP contribution in [0.4, 0.5) is 0 Å². The number of hydrogen-bond donors (Lipinski definition) is 1. The van der Waals surface area contributed by atoms with E-state index in [1.807, 2.05) is 0 Å². The predicted octanol–water partition coefficient (Wildman–Crippen LogP) is 3.22. The van der Waals surface area contributed by atoms with Gasteiger partial charge >= 0.3 is 0 Å². The second kappa shape index (κ2) is 5.62. The summed E-state index contributed by atoms with van der Waals surface area (Å²) in [5.41, 5.74) is 1.66. The maximum atomic E-state index is 5.83. The second-order valence-electron chi connectivity index (χ2n) is 7.56. The summed E-state index contributed by atoms with van der Waals surface area (Å²) in [6, 6.07) is 10.2. The van der Waals surface area contributed by atoms with Gasteiger partial charge in [-0.05, 0) is 18.4 Å². The fourth-order valence-electron chi connectivity index (χ4n) is 3.57. The zero-order valence-electron chi connectivity index (χ0n) is 13.7. The Bertz CT molecular complexity index is 494. The average Bonchev–Trinajstić information content (AvgIpc) is 2.46. The van der Waals surface area contributed by atoms with Crippen molar-refractivity contribution >= 4 is 0 Å². The molecule has 3 rings (SSSR count). The van der Waals surface area contributed by atoms with Crippen LogP contribution >= 0.6 is 0 Å². The van der Waals surface area contributed by atoms with Crippen LogP contribution < -0.4 is 10.1 Å². The molecule has 1 aromatic carbocycles. The first kappa shape index (κ1) is 14.9. The lowest BCUT2D eigenvalue weighted by atomic mass is 9.83. The molecular formula is C18H28N2O. The maximum absolute atomic E-state index is 5.83. The van der Waals surface area contributed by atoms with Gasteiger partial charge in [0, 0.05) is 43.2 Å². The molecule has 116 valence electrons. The molecule has 0 aliphatic carbocycles. The monoisotopic (exact) mass is 288 g/mol. The van der Waals surface area contributed by atoms with E-state index in [1.165, 1.54) is 5.56 Å². The van der Waals surface area contributed by atoms with Crippen LogP contribution in [0.1, 0.15) is 45.7 Å². The first-order valence-electron chi connectivity index (χ1n) is 8.17. The molecule has 3 atom stereocenters. The molecule has 2 aliphatic rings. The summed E-state index contributed by atoms with van der Waals surface area (Å²) in [5, 5.41) is 3.73.